The van der Waals surface area contributed by atoms with Crippen molar-refractivity contribution < 1.29 is 70.2 Å². The molecule has 24 heteroatoms. The van der Waals surface area contributed by atoms with Gasteiger partial charge in [0.1, 0.15) is 33.9 Å². The number of hydrogen-bond acceptors (Lipinski definition) is 15. The third-order valence-electron chi connectivity index (χ3n) is 11.5. The van der Waals surface area contributed by atoms with Crippen molar-refractivity contribution in [3.8, 4) is 11.5 Å². The van der Waals surface area contributed by atoms with Crippen molar-refractivity contribution >= 4 is 69.8 Å². The molecule has 342 valence electrons. The van der Waals surface area contributed by atoms with E-state index in [0.29, 0.717) is 11.1 Å². The fraction of sp³-hybridized carbons (Fsp3) is 0.209. The van der Waals surface area contributed by atoms with Crippen LogP contribution in [0.5, 0.6) is 11.5 Å². The fourth-order valence-corrected chi connectivity index (χ4v) is 8.27. The number of fused-ring (bicyclic) bond motifs is 4. The van der Waals surface area contributed by atoms with Gasteiger partial charge in [-0.2, -0.15) is 0 Å². The zero-order valence-electron chi connectivity index (χ0n) is 35.0. The largest absolute Gasteiger partial charge is 0.494 e. The summed E-state index contributed by atoms with van der Waals surface area (Å²) >= 11 is 0. The minimum absolute atomic E-state index is 0.00425. The van der Waals surface area contributed by atoms with Gasteiger partial charge in [0.2, 0.25) is 0 Å². The Kier molecular flexibility index (Phi) is 10.3. The van der Waals surface area contributed by atoms with Crippen LogP contribution in [-0.4, -0.2) is 102 Å². The second-order valence-corrected chi connectivity index (χ2v) is 15.4. The molecule has 4 aliphatic heterocycles. The number of aromatic nitrogens is 2. The van der Waals surface area contributed by atoms with Crippen molar-refractivity contribution in [1.29, 1.82) is 0 Å². The van der Waals surface area contributed by atoms with Gasteiger partial charge in [-0.05, 0) is 47.5 Å². The number of urea groups is 2. The standard InChI is InChI=1S/C22H17FN4O7.C21H16FN5O6/c1-32-14-5-3-10-8-27(18(28)16(10)17(14)23)9-22(20(30)25-21(31)26-22)15-7-12-13(34-15)6-4-11(24-12)19(29)33-2;1-32-13-4-2-9-7-27(18(29)15(9)16(13)22)8-21(19(30)25-20(31)26-21)14-6-11-12(33-14)5-3-10(24-11)17(23)28/h3-7H,8-9H2,1-2H3,(H2,25,26,30,31);2-6H,7-8H2,1H3,(H2,23,28)(H2,25,26,30,31)/t22-;21-/m00/s1. The van der Waals surface area contributed by atoms with Crippen LogP contribution >= 0.6 is 0 Å². The molecule has 9 amide bonds. The van der Waals surface area contributed by atoms with Gasteiger partial charge < -0.3 is 49.2 Å². The van der Waals surface area contributed by atoms with Crippen LogP contribution in [-0.2, 0) is 38.5 Å². The van der Waals surface area contributed by atoms with E-state index in [1.165, 1.54) is 79.7 Å². The van der Waals surface area contributed by atoms with Crippen molar-refractivity contribution in [1.82, 2.24) is 41.0 Å². The van der Waals surface area contributed by atoms with E-state index in [1.54, 1.807) is 12.1 Å². The molecule has 8 heterocycles. The van der Waals surface area contributed by atoms with Crippen LogP contribution in [0.4, 0.5) is 18.4 Å². The molecule has 6 aromatic rings. The molecule has 2 aromatic carbocycles. The molecule has 0 saturated carbocycles. The zero-order valence-corrected chi connectivity index (χ0v) is 35.0. The third-order valence-corrected chi connectivity index (χ3v) is 11.5. The number of nitrogens with one attached hydrogen (secondary N) is 4. The number of primary amides is 1. The summed E-state index contributed by atoms with van der Waals surface area (Å²) in [5.74, 6) is -6.06. The highest BCUT2D eigenvalue weighted by molar-refractivity contribution is 6.09. The van der Waals surface area contributed by atoms with Gasteiger partial charge >= 0.3 is 18.0 Å². The van der Waals surface area contributed by atoms with Gasteiger partial charge in [0.15, 0.2) is 45.4 Å². The van der Waals surface area contributed by atoms with E-state index in [0.717, 1.165) is 0 Å². The number of amides is 9. The van der Waals surface area contributed by atoms with Crippen molar-refractivity contribution in [3.05, 3.63) is 117 Å². The Bertz CT molecular complexity index is 3210. The summed E-state index contributed by atoms with van der Waals surface area (Å²) in [7, 11) is 3.79. The molecule has 0 radical (unpaired) electrons. The molecule has 0 unspecified atom stereocenters. The molecule has 0 bridgehead atoms. The topological polar surface area (TPSA) is 297 Å². The first-order valence-electron chi connectivity index (χ1n) is 19.8. The molecule has 22 nitrogen and oxygen atoms in total. The average molecular weight is 922 g/mol. The molecule has 2 atom stereocenters. The van der Waals surface area contributed by atoms with Gasteiger partial charge in [0.25, 0.3) is 29.5 Å². The summed E-state index contributed by atoms with van der Waals surface area (Å²) in [4.78, 5) is 110. The van der Waals surface area contributed by atoms with Gasteiger partial charge in [0.05, 0.1) is 45.5 Å². The van der Waals surface area contributed by atoms with Crippen molar-refractivity contribution in [3.63, 3.8) is 0 Å². The molecule has 67 heavy (non-hydrogen) atoms. The SMILES string of the molecule is COC(=O)c1ccc2oc([C@]3(CN4Cc5ccc(OC)c(F)c5C4=O)NC(=O)NC3=O)cc2n1.COc1ccc2c(c1F)C(=O)N(C[C@@]1(c3cc4nc(C(N)=O)ccc4o3)NC(=O)NC1=O)C2. The highest BCUT2D eigenvalue weighted by Crippen LogP contribution is 2.38. The Labute approximate surface area is 373 Å². The number of halogens is 2. The number of hydrogen-bond donors (Lipinski definition) is 5. The van der Waals surface area contributed by atoms with Crippen LogP contribution in [0.15, 0.2) is 69.5 Å². The average Bonchev–Trinajstić information content (AvgIpc) is 4.15. The van der Waals surface area contributed by atoms with E-state index >= 15 is 0 Å². The molecule has 4 aromatic heterocycles. The number of ether oxygens (including phenoxy) is 3. The number of pyridine rings is 2. The summed E-state index contributed by atoms with van der Waals surface area (Å²) in [5.41, 5.74) is 3.09. The summed E-state index contributed by atoms with van der Waals surface area (Å²) < 4.78 is 55.6. The summed E-state index contributed by atoms with van der Waals surface area (Å²) in [6.45, 7) is -0.679. The Morgan fingerprint density at radius 1 is 0.672 bits per heavy atom. The number of esters is 1. The lowest BCUT2D eigenvalue weighted by atomic mass is 9.95. The van der Waals surface area contributed by atoms with E-state index in [4.69, 9.17) is 24.0 Å². The Morgan fingerprint density at radius 3 is 1.49 bits per heavy atom. The Hall–Kier alpha value is -8.96. The van der Waals surface area contributed by atoms with Crippen LogP contribution in [0.1, 0.15) is 64.3 Å². The molecule has 10 rings (SSSR count). The first-order chi connectivity index (χ1) is 32.0. The maximum Gasteiger partial charge on any atom is 0.356 e. The van der Waals surface area contributed by atoms with Crippen molar-refractivity contribution in [2.75, 3.05) is 34.4 Å². The lowest BCUT2D eigenvalue weighted by Gasteiger charge is -2.28. The molecule has 2 saturated heterocycles. The number of methoxy groups -OCH3 is 3. The molecular formula is C43H33F2N9O13. The molecule has 4 aliphatic rings. The highest BCUT2D eigenvalue weighted by Gasteiger charge is 2.55. The van der Waals surface area contributed by atoms with Crippen molar-refractivity contribution in [2.24, 2.45) is 5.73 Å². The highest BCUT2D eigenvalue weighted by atomic mass is 19.1. The molecule has 2 fully saturated rings. The van der Waals surface area contributed by atoms with Crippen LogP contribution in [0.3, 0.4) is 0 Å². The lowest BCUT2D eigenvalue weighted by molar-refractivity contribution is -0.126. The van der Waals surface area contributed by atoms with Crippen LogP contribution in [0.2, 0.25) is 0 Å². The minimum Gasteiger partial charge on any atom is -0.494 e. The maximum atomic E-state index is 14.8. The molecule has 0 aliphatic carbocycles. The van der Waals surface area contributed by atoms with E-state index in [9.17, 15) is 47.1 Å². The first-order valence-corrected chi connectivity index (χ1v) is 19.8. The first kappa shape index (κ1) is 43.3. The molecule has 6 N–H and O–H groups in total. The lowest BCUT2D eigenvalue weighted by Crippen LogP contribution is -2.52. The quantitative estimate of drug-likeness (QED) is 0.0972. The number of nitrogens with zero attached hydrogens (tertiary/aromatic N) is 4. The van der Waals surface area contributed by atoms with E-state index in [-0.39, 0.29) is 93.9 Å². The number of carbonyl (C=O) groups excluding carboxylic acids is 8. The van der Waals surface area contributed by atoms with E-state index < -0.39 is 70.3 Å². The van der Waals surface area contributed by atoms with Gasteiger partial charge in [-0.15, -0.1) is 0 Å². The number of rotatable bonds is 10. The summed E-state index contributed by atoms with van der Waals surface area (Å²) in [5, 5.41) is 9.34. The zero-order chi connectivity index (χ0) is 47.7. The number of imide groups is 2. The third kappa shape index (κ3) is 7.01. The van der Waals surface area contributed by atoms with E-state index in [2.05, 4.69) is 36.0 Å². The number of furan rings is 2. The van der Waals surface area contributed by atoms with Gasteiger partial charge in [-0.25, -0.2) is 33.1 Å². The minimum atomic E-state index is -1.80. The smallest absolute Gasteiger partial charge is 0.356 e. The Morgan fingerprint density at radius 2 is 1.10 bits per heavy atom. The molecule has 0 spiro atoms. The predicted molar refractivity (Wildman–Crippen MR) is 220 cm³/mol. The number of carbonyl (C=O) groups is 8. The summed E-state index contributed by atoms with van der Waals surface area (Å²) in [6.07, 6.45) is 0. The normalized spacial score (nSPS) is 19.4. The second kappa shape index (κ2) is 15.9. The van der Waals surface area contributed by atoms with Crippen LogP contribution < -0.4 is 36.5 Å². The van der Waals surface area contributed by atoms with Gasteiger partial charge in [-0.3, -0.25) is 34.6 Å². The Balaban J connectivity index is 0.000000168. The van der Waals surface area contributed by atoms with Gasteiger partial charge in [0, 0.05) is 25.2 Å². The monoisotopic (exact) mass is 921 g/mol. The number of benzene rings is 2. The van der Waals surface area contributed by atoms with Crippen LogP contribution in [0, 0.1) is 11.6 Å². The number of nitrogens with two attached hydrogens (primary N) is 1. The van der Waals surface area contributed by atoms with Crippen molar-refractivity contribution in [2.45, 2.75) is 24.2 Å². The van der Waals surface area contributed by atoms with Gasteiger partial charge in [-0.1, -0.05) is 12.1 Å². The van der Waals surface area contributed by atoms with E-state index in [1.807, 2.05) is 0 Å². The predicted octanol–water partition coefficient (Wildman–Crippen LogP) is 2.22. The maximum absolute atomic E-state index is 14.8. The van der Waals surface area contributed by atoms with Crippen LogP contribution in [0.25, 0.3) is 22.2 Å². The molecular weight excluding hydrogens is 889 g/mol. The second-order valence-electron chi connectivity index (χ2n) is 15.4. The fourth-order valence-electron chi connectivity index (χ4n) is 8.27. The summed E-state index contributed by atoms with van der Waals surface area (Å²) in [6, 6.07) is 12.8.